The Balaban J connectivity index is 2.22. The Morgan fingerprint density at radius 3 is 2.89 bits per heavy atom. The van der Waals surface area contributed by atoms with E-state index in [0.29, 0.717) is 0 Å². The van der Waals surface area contributed by atoms with E-state index in [4.69, 9.17) is 5.11 Å². The number of amides is 1. The molecule has 1 fully saturated rings. The molecule has 96 valence electrons. The molecule has 0 aliphatic carbocycles. The largest absolute Gasteiger partial charge is 0.478 e. The van der Waals surface area contributed by atoms with E-state index >= 15 is 0 Å². The predicted molar refractivity (Wildman–Crippen MR) is 65.5 cm³/mol. The van der Waals surface area contributed by atoms with Crippen molar-refractivity contribution in [2.75, 3.05) is 6.54 Å². The zero-order valence-electron chi connectivity index (χ0n) is 10.3. The summed E-state index contributed by atoms with van der Waals surface area (Å²) in [6.07, 6.45) is 4.48. The lowest BCUT2D eigenvalue weighted by Crippen LogP contribution is -2.42. The van der Waals surface area contributed by atoms with E-state index in [0.717, 1.165) is 25.8 Å². The van der Waals surface area contributed by atoms with Crippen molar-refractivity contribution in [3.05, 3.63) is 29.6 Å². The van der Waals surface area contributed by atoms with Gasteiger partial charge in [-0.15, -0.1) is 0 Å². The summed E-state index contributed by atoms with van der Waals surface area (Å²) >= 11 is 0. The Morgan fingerprint density at radius 2 is 2.22 bits per heavy atom. The van der Waals surface area contributed by atoms with Crippen molar-refractivity contribution in [2.45, 2.75) is 32.2 Å². The average molecular weight is 248 g/mol. The zero-order valence-corrected chi connectivity index (χ0v) is 10.3. The fraction of sp³-hybridized carbons (Fsp3) is 0.462. The van der Waals surface area contributed by atoms with Crippen molar-refractivity contribution >= 4 is 11.9 Å². The van der Waals surface area contributed by atoms with Gasteiger partial charge in [-0.1, -0.05) is 0 Å². The first-order valence-electron chi connectivity index (χ1n) is 6.10. The SMILES string of the molecule is CC1CCCCN1C(=O)c1cc(C(=O)O)ccn1. The van der Waals surface area contributed by atoms with Crippen LogP contribution in [-0.4, -0.2) is 39.5 Å². The molecule has 0 spiro atoms. The van der Waals surface area contributed by atoms with E-state index in [1.54, 1.807) is 4.90 Å². The first-order chi connectivity index (χ1) is 8.59. The maximum absolute atomic E-state index is 12.3. The smallest absolute Gasteiger partial charge is 0.335 e. The van der Waals surface area contributed by atoms with E-state index in [1.165, 1.54) is 18.3 Å². The summed E-state index contributed by atoms with van der Waals surface area (Å²) in [6.45, 7) is 2.73. The minimum Gasteiger partial charge on any atom is -0.478 e. The highest BCUT2D eigenvalue weighted by Gasteiger charge is 2.25. The molecule has 1 aliphatic rings. The molecule has 0 bridgehead atoms. The molecular formula is C13H16N2O3. The van der Waals surface area contributed by atoms with Gasteiger partial charge < -0.3 is 10.0 Å². The molecule has 18 heavy (non-hydrogen) atoms. The normalized spacial score (nSPS) is 19.6. The zero-order chi connectivity index (χ0) is 13.1. The van der Waals surface area contributed by atoms with Crippen LogP contribution in [0.3, 0.4) is 0 Å². The molecule has 1 aromatic rings. The molecule has 0 saturated carbocycles. The second kappa shape index (κ2) is 5.16. The van der Waals surface area contributed by atoms with Crippen molar-refractivity contribution in [3.63, 3.8) is 0 Å². The summed E-state index contributed by atoms with van der Waals surface area (Å²) in [5, 5.41) is 8.90. The lowest BCUT2D eigenvalue weighted by Gasteiger charge is -2.33. The summed E-state index contributed by atoms with van der Waals surface area (Å²) in [6, 6.07) is 2.92. The van der Waals surface area contributed by atoms with Crippen LogP contribution in [0.1, 0.15) is 47.0 Å². The molecule has 0 radical (unpaired) electrons. The lowest BCUT2D eigenvalue weighted by atomic mass is 10.0. The van der Waals surface area contributed by atoms with Crippen LogP contribution in [0.2, 0.25) is 0 Å². The molecule has 1 aliphatic heterocycles. The fourth-order valence-corrected chi connectivity index (χ4v) is 2.23. The van der Waals surface area contributed by atoms with Crippen molar-refractivity contribution in [1.29, 1.82) is 0 Å². The molecule has 1 saturated heterocycles. The number of pyridine rings is 1. The van der Waals surface area contributed by atoms with Crippen molar-refractivity contribution in [1.82, 2.24) is 9.88 Å². The van der Waals surface area contributed by atoms with Crippen molar-refractivity contribution in [3.8, 4) is 0 Å². The third kappa shape index (κ3) is 2.50. The van der Waals surface area contributed by atoms with E-state index < -0.39 is 5.97 Å². The minimum absolute atomic E-state index is 0.0954. The van der Waals surface area contributed by atoms with Crippen LogP contribution in [-0.2, 0) is 0 Å². The van der Waals surface area contributed by atoms with Gasteiger partial charge in [0.15, 0.2) is 0 Å². The molecule has 2 heterocycles. The summed E-state index contributed by atoms with van der Waals surface area (Å²) in [5.74, 6) is -1.22. The Kier molecular flexibility index (Phi) is 3.60. The van der Waals surface area contributed by atoms with Crippen molar-refractivity contribution in [2.24, 2.45) is 0 Å². The molecule has 0 aromatic carbocycles. The summed E-state index contributed by atoms with van der Waals surface area (Å²) in [7, 11) is 0. The predicted octanol–water partition coefficient (Wildman–Crippen LogP) is 1.79. The number of aromatic carboxylic acids is 1. The Hall–Kier alpha value is -1.91. The number of carboxylic acids is 1. The fourth-order valence-electron chi connectivity index (χ4n) is 2.23. The van der Waals surface area contributed by atoms with Crippen LogP contribution in [0.5, 0.6) is 0 Å². The highest BCUT2D eigenvalue weighted by Crippen LogP contribution is 2.18. The van der Waals surface area contributed by atoms with Crippen molar-refractivity contribution < 1.29 is 14.7 Å². The Morgan fingerprint density at radius 1 is 1.44 bits per heavy atom. The van der Waals surface area contributed by atoms with E-state index in [9.17, 15) is 9.59 Å². The maximum Gasteiger partial charge on any atom is 0.335 e. The number of hydrogen-bond acceptors (Lipinski definition) is 3. The summed E-state index contributed by atoms with van der Waals surface area (Å²) < 4.78 is 0. The third-order valence-corrected chi connectivity index (χ3v) is 3.29. The second-order valence-corrected chi connectivity index (χ2v) is 4.58. The van der Waals surface area contributed by atoms with E-state index in [-0.39, 0.29) is 23.2 Å². The first-order valence-corrected chi connectivity index (χ1v) is 6.10. The van der Waals surface area contributed by atoms with Gasteiger partial charge in [0.1, 0.15) is 5.69 Å². The van der Waals surface area contributed by atoms with Gasteiger partial charge in [0.2, 0.25) is 0 Å². The van der Waals surface area contributed by atoms with Gasteiger partial charge in [0, 0.05) is 18.8 Å². The van der Waals surface area contributed by atoms with Gasteiger partial charge >= 0.3 is 5.97 Å². The number of carboxylic acid groups (broad SMARTS) is 1. The monoisotopic (exact) mass is 248 g/mol. The van der Waals surface area contributed by atoms with Gasteiger partial charge in [-0.05, 0) is 38.3 Å². The van der Waals surface area contributed by atoms with Crippen LogP contribution in [0.15, 0.2) is 18.3 Å². The summed E-state index contributed by atoms with van der Waals surface area (Å²) in [5.41, 5.74) is 0.307. The Bertz CT molecular complexity index is 473. The van der Waals surface area contributed by atoms with Gasteiger partial charge in [-0.2, -0.15) is 0 Å². The third-order valence-electron chi connectivity index (χ3n) is 3.29. The molecule has 1 atom stereocenters. The van der Waals surface area contributed by atoms with Gasteiger partial charge in [0.05, 0.1) is 5.56 Å². The number of aromatic nitrogens is 1. The Labute approximate surface area is 105 Å². The van der Waals surface area contributed by atoms with Gasteiger partial charge in [-0.25, -0.2) is 4.79 Å². The van der Waals surface area contributed by atoms with Gasteiger partial charge in [0.25, 0.3) is 5.91 Å². The molecule has 1 amide bonds. The molecule has 1 aromatic heterocycles. The topological polar surface area (TPSA) is 70.5 Å². The molecular weight excluding hydrogens is 232 g/mol. The summed E-state index contributed by atoms with van der Waals surface area (Å²) in [4.78, 5) is 28.9. The van der Waals surface area contributed by atoms with Crippen LogP contribution >= 0.6 is 0 Å². The van der Waals surface area contributed by atoms with E-state index in [2.05, 4.69) is 4.98 Å². The second-order valence-electron chi connectivity index (χ2n) is 4.58. The molecule has 1 unspecified atom stereocenters. The lowest BCUT2D eigenvalue weighted by molar-refractivity contribution is 0.0629. The van der Waals surface area contributed by atoms with Crippen LogP contribution in [0.25, 0.3) is 0 Å². The number of rotatable bonds is 2. The molecule has 2 rings (SSSR count). The average Bonchev–Trinajstić information content (AvgIpc) is 2.38. The number of carbonyl (C=O) groups is 2. The highest BCUT2D eigenvalue weighted by molar-refractivity contribution is 5.96. The minimum atomic E-state index is -1.04. The first kappa shape index (κ1) is 12.5. The maximum atomic E-state index is 12.3. The molecule has 1 N–H and O–H groups in total. The quantitative estimate of drug-likeness (QED) is 0.866. The number of piperidine rings is 1. The van der Waals surface area contributed by atoms with Gasteiger partial charge in [-0.3, -0.25) is 9.78 Å². The molecule has 5 heteroatoms. The van der Waals surface area contributed by atoms with Crippen LogP contribution in [0, 0.1) is 0 Å². The van der Waals surface area contributed by atoms with Crippen LogP contribution < -0.4 is 0 Å². The number of nitrogens with zero attached hydrogens (tertiary/aromatic N) is 2. The number of likely N-dealkylation sites (tertiary alicyclic amines) is 1. The number of hydrogen-bond donors (Lipinski definition) is 1. The molecule has 5 nitrogen and oxygen atoms in total. The standard InChI is InChI=1S/C13H16N2O3/c1-9-4-2-3-7-15(9)12(16)11-8-10(13(17)18)5-6-14-11/h5-6,8-9H,2-4,7H2,1H3,(H,17,18). The van der Waals surface area contributed by atoms with E-state index in [1.807, 2.05) is 6.92 Å². The number of carbonyl (C=O) groups excluding carboxylic acids is 1. The highest BCUT2D eigenvalue weighted by atomic mass is 16.4. The van der Waals surface area contributed by atoms with Crippen LogP contribution in [0.4, 0.5) is 0 Å².